The Labute approximate surface area is 205 Å². The van der Waals surface area contributed by atoms with Gasteiger partial charge < -0.3 is 20.2 Å². The number of rotatable bonds is 7. The fourth-order valence-electron chi connectivity index (χ4n) is 5.07. The summed E-state index contributed by atoms with van der Waals surface area (Å²) in [5.41, 5.74) is 3.70. The monoisotopic (exact) mass is 476 g/mol. The lowest BCUT2D eigenvalue weighted by molar-refractivity contribution is -0.122. The lowest BCUT2D eigenvalue weighted by Gasteiger charge is -2.26. The molecular formula is C27H32N4O2S. The number of aromatic nitrogens is 1. The highest BCUT2D eigenvalue weighted by Crippen LogP contribution is 2.37. The van der Waals surface area contributed by atoms with E-state index in [1.807, 2.05) is 24.3 Å². The van der Waals surface area contributed by atoms with Crippen LogP contribution in [0.2, 0.25) is 0 Å². The summed E-state index contributed by atoms with van der Waals surface area (Å²) in [6.07, 6.45) is 4.30. The third-order valence-electron chi connectivity index (χ3n) is 6.89. The Morgan fingerprint density at radius 2 is 1.97 bits per heavy atom. The Kier molecular flexibility index (Phi) is 6.83. The molecule has 1 atom stereocenters. The second-order valence-corrected chi connectivity index (χ2v) is 10.2. The number of anilines is 1. The fraction of sp³-hybridized carbons (Fsp3) is 0.407. The van der Waals surface area contributed by atoms with E-state index < -0.39 is 0 Å². The van der Waals surface area contributed by atoms with Crippen LogP contribution in [0.15, 0.2) is 47.8 Å². The maximum atomic E-state index is 13.1. The van der Waals surface area contributed by atoms with E-state index >= 15 is 0 Å². The van der Waals surface area contributed by atoms with Crippen molar-refractivity contribution in [2.24, 2.45) is 0 Å². The van der Waals surface area contributed by atoms with Crippen LogP contribution in [0.1, 0.15) is 31.2 Å². The van der Waals surface area contributed by atoms with Gasteiger partial charge in [0, 0.05) is 30.1 Å². The average Bonchev–Trinajstić information content (AvgIpc) is 3.61. The smallest absolute Gasteiger partial charge is 0.242 e. The van der Waals surface area contributed by atoms with Crippen LogP contribution in [0.3, 0.4) is 0 Å². The molecule has 1 aromatic carbocycles. The number of nitrogens with one attached hydrogen (secondary N) is 1. The maximum absolute atomic E-state index is 13.1. The molecule has 5 rings (SSSR count). The molecular weight excluding hydrogens is 444 g/mol. The Morgan fingerprint density at radius 1 is 1.15 bits per heavy atom. The molecule has 2 N–H and O–H groups in total. The van der Waals surface area contributed by atoms with Gasteiger partial charge in [-0.15, -0.1) is 11.3 Å². The van der Waals surface area contributed by atoms with E-state index in [2.05, 4.69) is 39.6 Å². The number of para-hydroxylation sites is 1. The zero-order chi connectivity index (χ0) is 23.5. The van der Waals surface area contributed by atoms with E-state index in [0.717, 1.165) is 56.1 Å². The summed E-state index contributed by atoms with van der Waals surface area (Å²) in [6, 6.07) is 13.3. The number of thiophene rings is 1. The SMILES string of the molecule is Cc1ccsc1-c1cc(-c2ccccc2O)nc(N2CCC[C@H]2C(=O)NCCN2CCCC2)c1. The molecule has 0 unspecified atom stereocenters. The van der Waals surface area contributed by atoms with Crippen molar-refractivity contribution in [2.75, 3.05) is 37.6 Å². The number of carbonyl (C=O) groups is 1. The van der Waals surface area contributed by atoms with Crippen LogP contribution in [0.4, 0.5) is 5.82 Å². The van der Waals surface area contributed by atoms with Crippen molar-refractivity contribution in [1.29, 1.82) is 0 Å². The second-order valence-electron chi connectivity index (χ2n) is 9.24. The summed E-state index contributed by atoms with van der Waals surface area (Å²) in [4.78, 5) is 23.8. The minimum absolute atomic E-state index is 0.0836. The van der Waals surface area contributed by atoms with Gasteiger partial charge in [0.1, 0.15) is 17.6 Å². The van der Waals surface area contributed by atoms with E-state index in [1.54, 1.807) is 17.4 Å². The van der Waals surface area contributed by atoms with Gasteiger partial charge in [-0.25, -0.2) is 4.98 Å². The van der Waals surface area contributed by atoms with E-state index in [9.17, 15) is 9.90 Å². The van der Waals surface area contributed by atoms with Crippen LogP contribution >= 0.6 is 11.3 Å². The normalized spacial score (nSPS) is 18.5. The quantitative estimate of drug-likeness (QED) is 0.519. The summed E-state index contributed by atoms with van der Waals surface area (Å²) in [5, 5.41) is 15.8. The van der Waals surface area contributed by atoms with Gasteiger partial charge in [0.2, 0.25) is 5.91 Å². The first-order chi connectivity index (χ1) is 16.6. The van der Waals surface area contributed by atoms with Gasteiger partial charge in [-0.3, -0.25) is 4.79 Å². The lowest BCUT2D eigenvalue weighted by atomic mass is 10.1. The number of nitrogens with zero attached hydrogens (tertiary/aromatic N) is 3. The minimum atomic E-state index is -0.219. The number of amides is 1. The molecule has 0 saturated carbocycles. The maximum Gasteiger partial charge on any atom is 0.242 e. The number of hydrogen-bond acceptors (Lipinski definition) is 6. The number of benzene rings is 1. The number of carbonyl (C=O) groups excluding carboxylic acids is 1. The third-order valence-corrected chi connectivity index (χ3v) is 7.96. The first-order valence-corrected chi connectivity index (χ1v) is 13.1. The first-order valence-electron chi connectivity index (χ1n) is 12.2. The van der Waals surface area contributed by atoms with E-state index in [4.69, 9.17) is 4.98 Å². The Morgan fingerprint density at radius 3 is 2.74 bits per heavy atom. The fourth-order valence-corrected chi connectivity index (χ4v) is 5.98. The molecule has 7 heteroatoms. The predicted molar refractivity (Wildman–Crippen MR) is 138 cm³/mol. The number of hydrogen-bond donors (Lipinski definition) is 2. The first kappa shape index (κ1) is 22.9. The molecule has 2 aliphatic heterocycles. The molecule has 0 aliphatic carbocycles. The minimum Gasteiger partial charge on any atom is -0.507 e. The zero-order valence-corrected chi connectivity index (χ0v) is 20.5. The van der Waals surface area contributed by atoms with Crippen molar-refractivity contribution in [3.63, 3.8) is 0 Å². The largest absolute Gasteiger partial charge is 0.507 e. The predicted octanol–water partition coefficient (Wildman–Crippen LogP) is 4.67. The Bertz CT molecular complexity index is 1160. The van der Waals surface area contributed by atoms with Crippen LogP contribution in [-0.2, 0) is 4.79 Å². The van der Waals surface area contributed by atoms with Crippen LogP contribution in [-0.4, -0.2) is 59.7 Å². The molecule has 2 aliphatic rings. The number of pyridine rings is 1. The molecule has 2 saturated heterocycles. The Balaban J connectivity index is 1.43. The van der Waals surface area contributed by atoms with Crippen molar-refractivity contribution in [3.8, 4) is 27.4 Å². The molecule has 2 fully saturated rings. The molecule has 1 amide bonds. The highest BCUT2D eigenvalue weighted by atomic mass is 32.1. The molecule has 4 heterocycles. The summed E-state index contributed by atoms with van der Waals surface area (Å²) in [5.74, 6) is 1.08. The van der Waals surface area contributed by atoms with Crippen molar-refractivity contribution in [3.05, 3.63) is 53.4 Å². The number of aryl methyl sites for hydroxylation is 1. The second kappa shape index (κ2) is 10.2. The average molecular weight is 477 g/mol. The third kappa shape index (κ3) is 4.81. The van der Waals surface area contributed by atoms with Gasteiger partial charge in [-0.1, -0.05) is 12.1 Å². The molecule has 6 nitrogen and oxygen atoms in total. The number of likely N-dealkylation sites (tertiary alicyclic amines) is 1. The number of phenolic OH excluding ortho intramolecular Hbond substituents is 1. The summed E-state index contributed by atoms with van der Waals surface area (Å²) in [6.45, 7) is 6.79. The van der Waals surface area contributed by atoms with Gasteiger partial charge in [0.25, 0.3) is 0 Å². The topological polar surface area (TPSA) is 68.7 Å². The van der Waals surface area contributed by atoms with Crippen LogP contribution < -0.4 is 10.2 Å². The van der Waals surface area contributed by atoms with Crippen molar-refractivity contribution in [1.82, 2.24) is 15.2 Å². The zero-order valence-electron chi connectivity index (χ0n) is 19.7. The van der Waals surface area contributed by atoms with Crippen LogP contribution in [0.25, 0.3) is 21.7 Å². The molecule has 178 valence electrons. The highest BCUT2D eigenvalue weighted by Gasteiger charge is 2.32. The van der Waals surface area contributed by atoms with Crippen molar-refractivity contribution >= 4 is 23.1 Å². The Hall–Kier alpha value is -2.90. The van der Waals surface area contributed by atoms with E-state index in [1.165, 1.54) is 23.3 Å². The number of aromatic hydroxyl groups is 1. The van der Waals surface area contributed by atoms with Gasteiger partial charge in [0.05, 0.1) is 5.69 Å². The molecule has 34 heavy (non-hydrogen) atoms. The molecule has 0 radical (unpaired) electrons. The van der Waals surface area contributed by atoms with Gasteiger partial charge in [-0.2, -0.15) is 0 Å². The van der Waals surface area contributed by atoms with Crippen molar-refractivity contribution < 1.29 is 9.90 Å². The van der Waals surface area contributed by atoms with Gasteiger partial charge in [-0.05, 0) is 92.5 Å². The van der Waals surface area contributed by atoms with Crippen molar-refractivity contribution in [2.45, 2.75) is 38.6 Å². The lowest BCUT2D eigenvalue weighted by Crippen LogP contribution is -2.45. The van der Waals surface area contributed by atoms with Crippen LogP contribution in [0.5, 0.6) is 5.75 Å². The molecule has 0 bridgehead atoms. The molecule has 3 aromatic rings. The standard InChI is InChI=1S/C27H32N4O2S/c1-19-10-16-34-26(19)20-17-22(21-7-2-3-9-24(21)32)29-25(18-20)31-14-6-8-23(31)27(33)28-11-15-30-12-4-5-13-30/h2-3,7,9-10,16-18,23,32H,4-6,8,11-15H2,1H3,(H,28,33)/t23-/m0/s1. The van der Waals surface area contributed by atoms with Gasteiger partial charge in [0.15, 0.2) is 0 Å². The molecule has 2 aromatic heterocycles. The van der Waals surface area contributed by atoms with E-state index in [0.29, 0.717) is 12.1 Å². The molecule has 0 spiro atoms. The van der Waals surface area contributed by atoms with E-state index in [-0.39, 0.29) is 17.7 Å². The summed E-state index contributed by atoms with van der Waals surface area (Å²) < 4.78 is 0. The highest BCUT2D eigenvalue weighted by molar-refractivity contribution is 7.13. The number of phenols is 1. The summed E-state index contributed by atoms with van der Waals surface area (Å²) in [7, 11) is 0. The summed E-state index contributed by atoms with van der Waals surface area (Å²) >= 11 is 1.70. The van der Waals surface area contributed by atoms with Crippen LogP contribution in [0, 0.1) is 6.92 Å². The van der Waals surface area contributed by atoms with Gasteiger partial charge >= 0.3 is 0 Å².